The molecule has 0 saturated heterocycles. The minimum absolute atomic E-state index is 0.270. The van der Waals surface area contributed by atoms with Crippen molar-refractivity contribution in [2.24, 2.45) is 0 Å². The van der Waals surface area contributed by atoms with Gasteiger partial charge in [0.1, 0.15) is 0 Å². The number of halogens is 3. The third-order valence-electron chi connectivity index (χ3n) is 3.21. The molecule has 3 nitrogen and oxygen atoms in total. The summed E-state index contributed by atoms with van der Waals surface area (Å²) in [5.74, 6) is 0. The van der Waals surface area contributed by atoms with Gasteiger partial charge in [0.05, 0.1) is 29.7 Å². The Morgan fingerprint density at radius 3 is 2.45 bits per heavy atom. The number of nitriles is 2. The second kappa shape index (κ2) is 5.42. The maximum atomic E-state index is 12.7. The summed E-state index contributed by atoms with van der Waals surface area (Å²) in [6.07, 6.45) is -2.29. The predicted molar refractivity (Wildman–Crippen MR) is 66.8 cm³/mol. The Morgan fingerprint density at radius 1 is 1.25 bits per heavy atom. The number of anilines is 1. The highest BCUT2D eigenvalue weighted by atomic mass is 19.4. The second-order valence-electron chi connectivity index (χ2n) is 4.67. The molecule has 0 unspecified atom stereocenters. The molecule has 0 radical (unpaired) electrons. The van der Waals surface area contributed by atoms with Gasteiger partial charge in [-0.05, 0) is 31.0 Å². The van der Waals surface area contributed by atoms with Crippen LogP contribution in [0.5, 0.6) is 0 Å². The van der Waals surface area contributed by atoms with Crippen molar-refractivity contribution in [3.05, 3.63) is 29.3 Å². The minimum atomic E-state index is -4.53. The third kappa shape index (κ3) is 3.03. The minimum Gasteiger partial charge on any atom is -0.367 e. The first-order chi connectivity index (χ1) is 9.47. The van der Waals surface area contributed by atoms with Gasteiger partial charge in [0.15, 0.2) is 0 Å². The van der Waals surface area contributed by atoms with E-state index in [-0.39, 0.29) is 11.6 Å². The van der Waals surface area contributed by atoms with Gasteiger partial charge in [-0.1, -0.05) is 0 Å². The Hall–Kier alpha value is -2.21. The molecule has 1 fully saturated rings. The lowest BCUT2D eigenvalue weighted by molar-refractivity contribution is -0.137. The van der Waals surface area contributed by atoms with Crippen LogP contribution in [0.4, 0.5) is 18.9 Å². The summed E-state index contributed by atoms with van der Waals surface area (Å²) < 4.78 is 38.2. The number of hydrogen-bond acceptors (Lipinski definition) is 3. The fraction of sp³-hybridized carbons (Fsp3) is 0.429. The van der Waals surface area contributed by atoms with Crippen LogP contribution in [0.2, 0.25) is 0 Å². The third-order valence-corrected chi connectivity index (χ3v) is 3.21. The lowest BCUT2D eigenvalue weighted by atomic mass is 10.1. The average molecular weight is 279 g/mol. The average Bonchev–Trinajstić information content (AvgIpc) is 3.22. The normalized spacial score (nSPS) is 14.4. The monoisotopic (exact) mass is 279 g/mol. The smallest absolute Gasteiger partial charge is 0.367 e. The first kappa shape index (κ1) is 14.2. The molecule has 104 valence electrons. The molecular weight excluding hydrogens is 267 g/mol. The molecule has 0 aliphatic heterocycles. The Kier molecular flexibility index (Phi) is 3.85. The van der Waals surface area contributed by atoms with Crippen LogP contribution >= 0.6 is 0 Å². The molecule has 0 spiro atoms. The van der Waals surface area contributed by atoms with E-state index in [0.717, 1.165) is 18.9 Å². The molecular formula is C14H12F3N3. The van der Waals surface area contributed by atoms with Crippen LogP contribution in [-0.4, -0.2) is 12.6 Å². The van der Waals surface area contributed by atoms with Gasteiger partial charge in [-0.25, -0.2) is 0 Å². The van der Waals surface area contributed by atoms with E-state index in [1.165, 1.54) is 12.1 Å². The van der Waals surface area contributed by atoms with Crippen LogP contribution in [-0.2, 0) is 6.18 Å². The Bertz CT molecular complexity index is 577. The zero-order valence-electron chi connectivity index (χ0n) is 10.6. The van der Waals surface area contributed by atoms with Crippen LogP contribution in [0.3, 0.4) is 0 Å². The van der Waals surface area contributed by atoms with Gasteiger partial charge in [-0.15, -0.1) is 0 Å². The highest BCUT2D eigenvalue weighted by Gasteiger charge is 2.35. The Balaban J connectivity index is 2.33. The summed E-state index contributed by atoms with van der Waals surface area (Å²) in [5.41, 5.74) is -0.718. The van der Waals surface area contributed by atoms with E-state index >= 15 is 0 Å². The molecule has 0 atom stereocenters. The van der Waals surface area contributed by atoms with Crippen LogP contribution in [0.15, 0.2) is 18.2 Å². The van der Waals surface area contributed by atoms with E-state index in [1.807, 2.05) is 11.0 Å². The number of hydrogen-bond donors (Lipinski definition) is 0. The first-order valence-electron chi connectivity index (χ1n) is 6.22. The number of alkyl halides is 3. The van der Waals surface area contributed by atoms with Gasteiger partial charge >= 0.3 is 6.18 Å². The molecule has 6 heteroatoms. The van der Waals surface area contributed by atoms with E-state index in [2.05, 4.69) is 0 Å². The summed E-state index contributed by atoms with van der Waals surface area (Å²) in [5, 5.41) is 17.5. The maximum Gasteiger partial charge on any atom is 0.417 e. The molecule has 1 aromatic carbocycles. The fourth-order valence-corrected chi connectivity index (χ4v) is 2.13. The fourth-order valence-electron chi connectivity index (χ4n) is 2.13. The molecule has 0 heterocycles. The van der Waals surface area contributed by atoms with Crippen LogP contribution in [0.1, 0.15) is 30.4 Å². The standard InChI is InChI=1S/C14H12F3N3/c15-14(16,17)13-5-4-12(8-10(13)9-19)20(7-1-6-18)11-2-3-11/h4-5,8,11H,1-3,7H2. The van der Waals surface area contributed by atoms with Crippen molar-refractivity contribution in [1.29, 1.82) is 10.5 Å². The number of rotatable bonds is 4. The molecule has 1 saturated carbocycles. The summed E-state index contributed by atoms with van der Waals surface area (Å²) in [6, 6.07) is 7.48. The SMILES string of the molecule is N#CCCN(c1ccc(C(F)(F)F)c(C#N)c1)C1CC1. The molecule has 0 N–H and O–H groups in total. The van der Waals surface area contributed by atoms with Gasteiger partial charge in [-0.2, -0.15) is 23.7 Å². The highest BCUT2D eigenvalue weighted by molar-refractivity contribution is 5.56. The van der Waals surface area contributed by atoms with Gasteiger partial charge in [0.25, 0.3) is 0 Å². The summed E-state index contributed by atoms with van der Waals surface area (Å²) >= 11 is 0. The van der Waals surface area contributed by atoms with Crippen LogP contribution < -0.4 is 4.90 Å². The summed E-state index contributed by atoms with van der Waals surface area (Å²) in [4.78, 5) is 1.91. The van der Waals surface area contributed by atoms with E-state index in [1.54, 1.807) is 6.07 Å². The van der Waals surface area contributed by atoms with Crippen molar-refractivity contribution in [1.82, 2.24) is 0 Å². The Morgan fingerprint density at radius 2 is 1.95 bits per heavy atom. The molecule has 0 aromatic heterocycles. The lowest BCUT2D eigenvalue weighted by Gasteiger charge is -2.24. The van der Waals surface area contributed by atoms with Crippen molar-refractivity contribution in [3.8, 4) is 12.1 Å². The largest absolute Gasteiger partial charge is 0.417 e. The molecule has 1 aliphatic rings. The molecule has 0 amide bonds. The van der Waals surface area contributed by atoms with Crippen molar-refractivity contribution in [3.63, 3.8) is 0 Å². The Labute approximate surface area is 114 Å². The zero-order chi connectivity index (χ0) is 14.8. The quantitative estimate of drug-likeness (QED) is 0.848. The topological polar surface area (TPSA) is 50.8 Å². The zero-order valence-corrected chi connectivity index (χ0v) is 10.6. The molecule has 20 heavy (non-hydrogen) atoms. The summed E-state index contributed by atoms with van der Waals surface area (Å²) in [7, 11) is 0. The summed E-state index contributed by atoms with van der Waals surface area (Å²) in [6.45, 7) is 0.470. The van der Waals surface area contributed by atoms with Crippen molar-refractivity contribution < 1.29 is 13.2 Å². The van der Waals surface area contributed by atoms with Gasteiger partial charge < -0.3 is 4.90 Å². The van der Waals surface area contributed by atoms with E-state index < -0.39 is 11.7 Å². The van der Waals surface area contributed by atoms with Gasteiger partial charge in [0.2, 0.25) is 0 Å². The van der Waals surface area contributed by atoms with E-state index in [9.17, 15) is 13.2 Å². The number of benzene rings is 1. The highest BCUT2D eigenvalue weighted by Crippen LogP contribution is 2.36. The van der Waals surface area contributed by atoms with Crippen LogP contribution in [0.25, 0.3) is 0 Å². The lowest BCUT2D eigenvalue weighted by Crippen LogP contribution is -2.26. The second-order valence-corrected chi connectivity index (χ2v) is 4.67. The van der Waals surface area contributed by atoms with Crippen molar-refractivity contribution in [2.75, 3.05) is 11.4 Å². The maximum absolute atomic E-state index is 12.7. The van der Waals surface area contributed by atoms with E-state index in [4.69, 9.17) is 10.5 Å². The predicted octanol–water partition coefficient (Wildman–Crippen LogP) is 3.46. The van der Waals surface area contributed by atoms with Crippen molar-refractivity contribution in [2.45, 2.75) is 31.5 Å². The molecule has 1 aromatic rings. The molecule has 0 bridgehead atoms. The number of nitrogens with zero attached hydrogens (tertiary/aromatic N) is 3. The van der Waals surface area contributed by atoms with Gasteiger partial charge in [-0.3, -0.25) is 0 Å². The van der Waals surface area contributed by atoms with E-state index in [0.29, 0.717) is 18.7 Å². The molecule has 1 aliphatic carbocycles. The van der Waals surface area contributed by atoms with Crippen molar-refractivity contribution >= 4 is 5.69 Å². The molecule has 2 rings (SSSR count). The first-order valence-corrected chi connectivity index (χ1v) is 6.22. The van der Waals surface area contributed by atoms with Gasteiger partial charge in [0, 0.05) is 18.3 Å². The van der Waals surface area contributed by atoms with Crippen LogP contribution in [0, 0.1) is 22.7 Å².